The number of halogens is 4. The number of hydrogen-bond acceptors (Lipinski definition) is 2. The lowest BCUT2D eigenvalue weighted by atomic mass is 9.94. The molecule has 0 amide bonds. The molecule has 0 atom stereocenters. The van der Waals surface area contributed by atoms with E-state index in [1.54, 1.807) is 0 Å². The van der Waals surface area contributed by atoms with E-state index in [0.717, 1.165) is 0 Å². The number of hydrogen-bond donors (Lipinski definition) is 1. The third-order valence-corrected chi connectivity index (χ3v) is 4.41. The highest BCUT2D eigenvalue weighted by Crippen LogP contribution is 2.28. The molecule has 0 saturated heterocycles. The van der Waals surface area contributed by atoms with Crippen molar-refractivity contribution < 1.29 is 26.1 Å². The average molecular weight is 472 g/mol. The fourth-order valence-corrected chi connectivity index (χ4v) is 2.61. The van der Waals surface area contributed by atoms with Crippen LogP contribution in [0.4, 0.5) is 13.2 Å². The van der Waals surface area contributed by atoms with Gasteiger partial charge < -0.3 is 0 Å². The molecule has 0 radical (unpaired) electrons. The molecule has 132 valence electrons. The molecule has 8 heteroatoms. The van der Waals surface area contributed by atoms with Gasteiger partial charge in [0, 0.05) is 3.57 Å². The van der Waals surface area contributed by atoms with Gasteiger partial charge in [-0.3, -0.25) is 4.55 Å². The molecule has 3 nitrogen and oxygen atoms in total. The van der Waals surface area contributed by atoms with Gasteiger partial charge >= 0.3 is 15.6 Å². The van der Waals surface area contributed by atoms with Gasteiger partial charge in [-0.05, 0) is 77.7 Å². The molecule has 0 aromatic heterocycles. The Balaban J connectivity index is 0.000000307. The van der Waals surface area contributed by atoms with Gasteiger partial charge in [0.25, 0.3) is 0 Å². The Morgan fingerprint density at radius 1 is 0.958 bits per heavy atom. The summed E-state index contributed by atoms with van der Waals surface area (Å²) in [6, 6.07) is 13.2. The zero-order valence-electron chi connectivity index (χ0n) is 13.1. The maximum atomic E-state index is 10.7. The largest absolute Gasteiger partial charge is 0.522 e. The van der Waals surface area contributed by atoms with Crippen molar-refractivity contribution in [3.63, 3.8) is 0 Å². The molecule has 0 aliphatic heterocycles. The first kappa shape index (κ1) is 20.9. The van der Waals surface area contributed by atoms with Crippen LogP contribution >= 0.6 is 22.6 Å². The molecular weight excluding hydrogens is 456 g/mol. The van der Waals surface area contributed by atoms with Gasteiger partial charge in [0.05, 0.1) is 0 Å². The number of aryl methyl sites for hydroxylation is 3. The molecule has 2 aromatic rings. The Hall–Kier alpha value is -1.13. The van der Waals surface area contributed by atoms with E-state index in [1.165, 1.54) is 31.4 Å². The lowest BCUT2D eigenvalue weighted by Gasteiger charge is -2.11. The summed E-state index contributed by atoms with van der Waals surface area (Å²) in [5.41, 5.74) is 1.21. The van der Waals surface area contributed by atoms with Crippen molar-refractivity contribution in [2.45, 2.75) is 26.3 Å². The highest BCUT2D eigenvalue weighted by molar-refractivity contribution is 14.1. The van der Waals surface area contributed by atoms with Crippen molar-refractivity contribution in [3.05, 3.63) is 56.7 Å². The summed E-state index contributed by atoms with van der Waals surface area (Å²) >= 11 is 2.34. The standard InChI is InChI=1S/C15H15I.CHF3O3S/c1-10-8-11(2)15(12(3)9-10)13-4-6-14(16)7-5-13;2-1(3,4)8(5,6)7/h4-9H,1-3H3;(H,5,6,7). The van der Waals surface area contributed by atoms with E-state index in [0.29, 0.717) is 0 Å². The molecule has 1 N–H and O–H groups in total. The number of rotatable bonds is 1. The monoisotopic (exact) mass is 472 g/mol. The fraction of sp³-hybridized carbons (Fsp3) is 0.250. The lowest BCUT2D eigenvalue weighted by Crippen LogP contribution is -2.21. The first-order valence-electron chi connectivity index (χ1n) is 6.70. The summed E-state index contributed by atoms with van der Waals surface area (Å²) < 4.78 is 58.8. The van der Waals surface area contributed by atoms with Gasteiger partial charge in [0.1, 0.15) is 0 Å². The van der Waals surface area contributed by atoms with E-state index in [4.69, 9.17) is 13.0 Å². The van der Waals surface area contributed by atoms with Crippen molar-refractivity contribution in [3.8, 4) is 11.1 Å². The van der Waals surface area contributed by atoms with E-state index in [9.17, 15) is 13.2 Å². The average Bonchev–Trinajstić information content (AvgIpc) is 2.38. The Kier molecular flexibility index (Phi) is 6.83. The SMILES string of the molecule is Cc1cc(C)c(-c2ccc(I)cc2)c(C)c1.O=S(=O)(O)C(F)(F)F. The summed E-state index contributed by atoms with van der Waals surface area (Å²) in [6.07, 6.45) is 0. The van der Waals surface area contributed by atoms with Crippen LogP contribution in [-0.2, 0) is 10.1 Å². The second-order valence-electron chi connectivity index (χ2n) is 5.20. The smallest absolute Gasteiger partial charge is 0.279 e. The zero-order valence-corrected chi connectivity index (χ0v) is 16.1. The molecule has 0 spiro atoms. The molecule has 0 aliphatic carbocycles. The van der Waals surface area contributed by atoms with Gasteiger partial charge in [0.15, 0.2) is 0 Å². The Morgan fingerprint density at radius 3 is 1.67 bits per heavy atom. The first-order valence-corrected chi connectivity index (χ1v) is 9.22. The van der Waals surface area contributed by atoms with Crippen LogP contribution in [-0.4, -0.2) is 18.5 Å². The summed E-state index contributed by atoms with van der Waals surface area (Å²) in [7, 11) is -5.84. The van der Waals surface area contributed by atoms with Crippen LogP contribution in [0.15, 0.2) is 36.4 Å². The van der Waals surface area contributed by atoms with Crippen molar-refractivity contribution in [2.75, 3.05) is 0 Å². The minimum absolute atomic E-state index is 1.28. The topological polar surface area (TPSA) is 54.4 Å². The van der Waals surface area contributed by atoms with Crippen molar-refractivity contribution in [1.82, 2.24) is 0 Å². The Morgan fingerprint density at radius 2 is 1.33 bits per heavy atom. The fourth-order valence-electron chi connectivity index (χ4n) is 2.25. The molecule has 0 fully saturated rings. The Bertz CT molecular complexity index is 790. The number of benzene rings is 2. The van der Waals surface area contributed by atoms with Crippen LogP contribution in [0.1, 0.15) is 16.7 Å². The quantitative estimate of drug-likeness (QED) is 0.349. The van der Waals surface area contributed by atoms with Crippen LogP contribution in [0.2, 0.25) is 0 Å². The molecule has 0 bridgehead atoms. The van der Waals surface area contributed by atoms with Crippen molar-refractivity contribution >= 4 is 32.7 Å². The van der Waals surface area contributed by atoms with E-state index in [1.807, 2.05) is 0 Å². The molecule has 0 unspecified atom stereocenters. The van der Waals surface area contributed by atoms with Gasteiger partial charge in [-0.25, -0.2) is 0 Å². The van der Waals surface area contributed by atoms with E-state index < -0.39 is 15.6 Å². The molecule has 0 saturated carbocycles. The summed E-state index contributed by atoms with van der Waals surface area (Å²) in [5.74, 6) is 0. The molecule has 24 heavy (non-hydrogen) atoms. The lowest BCUT2D eigenvalue weighted by molar-refractivity contribution is -0.0510. The second-order valence-corrected chi connectivity index (χ2v) is 7.86. The minimum Gasteiger partial charge on any atom is -0.279 e. The minimum atomic E-state index is -5.84. The van der Waals surface area contributed by atoms with E-state index in [-0.39, 0.29) is 0 Å². The summed E-state index contributed by atoms with van der Waals surface area (Å²) in [4.78, 5) is 0. The molecule has 0 aliphatic rings. The maximum absolute atomic E-state index is 10.7. The first-order chi connectivity index (χ1) is 10.8. The predicted octanol–water partition coefficient (Wildman–Crippen LogP) is 5.28. The van der Waals surface area contributed by atoms with Crippen LogP contribution in [0.3, 0.4) is 0 Å². The van der Waals surface area contributed by atoms with Gasteiger partial charge in [-0.1, -0.05) is 29.8 Å². The van der Waals surface area contributed by atoms with Crippen LogP contribution in [0, 0.1) is 24.3 Å². The third-order valence-electron chi connectivity index (χ3n) is 3.10. The summed E-state index contributed by atoms with van der Waals surface area (Å²) in [6.45, 7) is 6.53. The highest BCUT2D eigenvalue weighted by atomic mass is 127. The molecule has 0 heterocycles. The van der Waals surface area contributed by atoms with Gasteiger partial charge in [0.2, 0.25) is 0 Å². The Labute approximate surface area is 152 Å². The molecule has 2 aromatic carbocycles. The van der Waals surface area contributed by atoms with Gasteiger partial charge in [-0.15, -0.1) is 0 Å². The predicted molar refractivity (Wildman–Crippen MR) is 96.4 cm³/mol. The highest BCUT2D eigenvalue weighted by Gasteiger charge is 2.44. The van der Waals surface area contributed by atoms with Gasteiger partial charge in [-0.2, -0.15) is 21.6 Å². The second kappa shape index (κ2) is 7.83. The van der Waals surface area contributed by atoms with Crippen molar-refractivity contribution in [1.29, 1.82) is 0 Å². The van der Waals surface area contributed by atoms with E-state index in [2.05, 4.69) is 79.8 Å². The van der Waals surface area contributed by atoms with Crippen LogP contribution in [0.5, 0.6) is 0 Å². The van der Waals surface area contributed by atoms with E-state index >= 15 is 0 Å². The summed E-state index contributed by atoms with van der Waals surface area (Å²) in [5, 5.41) is 0. The van der Waals surface area contributed by atoms with Crippen molar-refractivity contribution in [2.24, 2.45) is 0 Å². The van der Waals surface area contributed by atoms with Crippen LogP contribution < -0.4 is 0 Å². The maximum Gasteiger partial charge on any atom is 0.522 e. The molecular formula is C16H16F3IO3S. The normalized spacial score (nSPS) is 11.7. The molecule has 2 rings (SSSR count). The third kappa shape index (κ3) is 5.75. The number of alkyl halides is 3. The van der Waals surface area contributed by atoms with Crippen LogP contribution in [0.25, 0.3) is 11.1 Å². The zero-order chi connectivity index (χ0) is 18.7.